The second-order valence-corrected chi connectivity index (χ2v) is 8.84. The van der Waals surface area contributed by atoms with Gasteiger partial charge in [-0.3, -0.25) is 4.98 Å². The van der Waals surface area contributed by atoms with Gasteiger partial charge < -0.3 is 0 Å². The van der Waals surface area contributed by atoms with E-state index in [0.717, 1.165) is 40.7 Å². The molecule has 1 saturated heterocycles. The zero-order valence-electron chi connectivity index (χ0n) is 15.6. The molecule has 1 aromatic heterocycles. The first-order chi connectivity index (χ1) is 11.8. The van der Waals surface area contributed by atoms with Crippen LogP contribution in [0, 0.1) is 34.6 Å². The van der Waals surface area contributed by atoms with Crippen LogP contribution in [0.4, 0.5) is 0 Å². The highest BCUT2D eigenvalue weighted by Gasteiger charge is 2.38. The van der Waals surface area contributed by atoms with Gasteiger partial charge in [-0.15, -0.1) is 0 Å². The molecule has 0 N–H and O–H groups in total. The normalized spacial score (nSPS) is 18.7. The van der Waals surface area contributed by atoms with E-state index in [1.165, 1.54) is 5.56 Å². The van der Waals surface area contributed by atoms with Gasteiger partial charge in [0.2, 0.25) is 10.0 Å². The first-order valence-electron chi connectivity index (χ1n) is 8.75. The zero-order chi connectivity index (χ0) is 18.4. The minimum Gasteiger partial charge on any atom is -0.265 e. The molecule has 0 radical (unpaired) electrons. The van der Waals surface area contributed by atoms with Crippen LogP contribution in [0.5, 0.6) is 0 Å². The van der Waals surface area contributed by atoms with Crippen molar-refractivity contribution in [2.24, 2.45) is 0 Å². The van der Waals surface area contributed by atoms with E-state index in [0.29, 0.717) is 11.4 Å². The van der Waals surface area contributed by atoms with Gasteiger partial charge in [0.25, 0.3) is 0 Å². The molecule has 2 heterocycles. The fourth-order valence-electron chi connectivity index (χ4n) is 3.92. The molecule has 1 aliphatic heterocycles. The second kappa shape index (κ2) is 6.54. The van der Waals surface area contributed by atoms with Gasteiger partial charge in [0.15, 0.2) is 0 Å². The summed E-state index contributed by atoms with van der Waals surface area (Å²) in [5.74, 6) is 0. The van der Waals surface area contributed by atoms with Gasteiger partial charge in [0.05, 0.1) is 10.9 Å². The van der Waals surface area contributed by atoms with Crippen molar-refractivity contribution in [1.29, 1.82) is 0 Å². The Kier molecular flexibility index (Phi) is 4.73. The lowest BCUT2D eigenvalue weighted by Gasteiger charge is -2.27. The minimum atomic E-state index is -3.55. The van der Waals surface area contributed by atoms with Gasteiger partial charge in [-0.1, -0.05) is 0 Å². The molecule has 1 unspecified atom stereocenters. The van der Waals surface area contributed by atoms with Crippen LogP contribution in [0.15, 0.2) is 29.4 Å². The Hall–Kier alpha value is -1.72. The first-order valence-corrected chi connectivity index (χ1v) is 10.2. The molecule has 1 fully saturated rings. The Balaban J connectivity index is 2.14. The van der Waals surface area contributed by atoms with Gasteiger partial charge in [0.1, 0.15) is 0 Å². The van der Waals surface area contributed by atoms with Gasteiger partial charge in [-0.05, 0) is 93.0 Å². The van der Waals surface area contributed by atoms with Crippen molar-refractivity contribution < 1.29 is 8.42 Å². The first kappa shape index (κ1) is 18.1. The zero-order valence-corrected chi connectivity index (χ0v) is 16.4. The summed E-state index contributed by atoms with van der Waals surface area (Å²) in [4.78, 5) is 4.55. The quantitative estimate of drug-likeness (QED) is 0.828. The summed E-state index contributed by atoms with van der Waals surface area (Å²) in [7, 11) is -3.55. The molecule has 4 nitrogen and oxygen atoms in total. The van der Waals surface area contributed by atoms with Crippen molar-refractivity contribution in [1.82, 2.24) is 9.29 Å². The maximum atomic E-state index is 13.6. The number of benzene rings is 1. The molecule has 3 rings (SSSR count). The number of rotatable bonds is 3. The average molecular weight is 359 g/mol. The van der Waals surface area contributed by atoms with Gasteiger partial charge in [0, 0.05) is 18.9 Å². The molecule has 1 aliphatic rings. The Bertz CT molecular complexity index is 876. The van der Waals surface area contributed by atoms with Crippen molar-refractivity contribution in [2.45, 2.75) is 58.4 Å². The van der Waals surface area contributed by atoms with Gasteiger partial charge >= 0.3 is 0 Å². The van der Waals surface area contributed by atoms with E-state index >= 15 is 0 Å². The van der Waals surface area contributed by atoms with Crippen LogP contribution < -0.4 is 0 Å². The minimum absolute atomic E-state index is 0.103. The van der Waals surface area contributed by atoms with E-state index in [2.05, 4.69) is 11.9 Å². The Morgan fingerprint density at radius 1 is 0.920 bits per heavy atom. The molecule has 2 aromatic rings. The smallest absolute Gasteiger partial charge is 0.244 e. The van der Waals surface area contributed by atoms with Crippen LogP contribution in [0.25, 0.3) is 0 Å². The summed E-state index contributed by atoms with van der Waals surface area (Å²) in [5, 5.41) is 0. The van der Waals surface area contributed by atoms with E-state index in [9.17, 15) is 8.42 Å². The summed E-state index contributed by atoms with van der Waals surface area (Å²) in [5.41, 5.74) is 6.10. The van der Waals surface area contributed by atoms with Crippen molar-refractivity contribution in [3.05, 3.63) is 57.9 Å². The number of pyridine rings is 1. The molecule has 1 aromatic carbocycles. The van der Waals surface area contributed by atoms with Crippen molar-refractivity contribution in [3.8, 4) is 0 Å². The summed E-state index contributed by atoms with van der Waals surface area (Å²) in [6, 6.07) is 3.74. The third-order valence-electron chi connectivity index (χ3n) is 5.79. The molecular weight excluding hydrogens is 332 g/mol. The fraction of sp³-hybridized carbons (Fsp3) is 0.450. The van der Waals surface area contributed by atoms with E-state index in [1.54, 1.807) is 16.7 Å². The standard InChI is InChI=1S/C20H26N2O2S/c1-13-14(2)16(4)20(17(5)15(13)3)25(23,24)22-12-6-7-19(22)18-8-10-21-11-9-18/h8-11,19H,6-7,12H2,1-5H3. The predicted octanol–water partition coefficient (Wildman–Crippen LogP) is 4.15. The Morgan fingerprint density at radius 3 is 2.00 bits per heavy atom. The fourth-order valence-corrected chi connectivity index (χ4v) is 6.16. The topological polar surface area (TPSA) is 50.3 Å². The summed E-state index contributed by atoms with van der Waals surface area (Å²) < 4.78 is 28.9. The van der Waals surface area contributed by atoms with E-state index < -0.39 is 10.0 Å². The molecule has 134 valence electrons. The highest BCUT2D eigenvalue weighted by atomic mass is 32.2. The largest absolute Gasteiger partial charge is 0.265 e. The maximum absolute atomic E-state index is 13.6. The highest BCUT2D eigenvalue weighted by Crippen LogP contribution is 2.39. The van der Waals surface area contributed by atoms with Crippen molar-refractivity contribution in [3.63, 3.8) is 0 Å². The maximum Gasteiger partial charge on any atom is 0.244 e. The van der Waals surface area contributed by atoms with Crippen molar-refractivity contribution >= 4 is 10.0 Å². The summed E-state index contributed by atoms with van der Waals surface area (Å²) in [6.45, 7) is 10.5. The number of nitrogens with zero attached hydrogens (tertiary/aromatic N) is 2. The molecule has 0 bridgehead atoms. The Morgan fingerprint density at radius 2 is 1.44 bits per heavy atom. The van der Waals surface area contributed by atoms with E-state index in [-0.39, 0.29) is 6.04 Å². The predicted molar refractivity (Wildman–Crippen MR) is 100 cm³/mol. The van der Waals surface area contributed by atoms with Crippen LogP contribution in [0.3, 0.4) is 0 Å². The molecule has 0 amide bonds. The lowest BCUT2D eigenvalue weighted by Crippen LogP contribution is -2.32. The number of hydrogen-bond acceptors (Lipinski definition) is 3. The van der Waals surface area contributed by atoms with Gasteiger partial charge in [-0.2, -0.15) is 4.31 Å². The van der Waals surface area contributed by atoms with Crippen LogP contribution >= 0.6 is 0 Å². The van der Waals surface area contributed by atoms with Crippen LogP contribution in [-0.2, 0) is 10.0 Å². The van der Waals surface area contributed by atoms with Crippen molar-refractivity contribution in [2.75, 3.05) is 6.54 Å². The lowest BCUT2D eigenvalue weighted by molar-refractivity contribution is 0.396. The molecule has 1 atom stereocenters. The molecule has 25 heavy (non-hydrogen) atoms. The Labute approximate surface area is 151 Å². The van der Waals surface area contributed by atoms with E-state index in [4.69, 9.17) is 0 Å². The third-order valence-corrected chi connectivity index (χ3v) is 7.98. The molecule has 5 heteroatoms. The number of sulfonamides is 1. The third kappa shape index (κ3) is 2.89. The SMILES string of the molecule is Cc1c(C)c(C)c(S(=O)(=O)N2CCCC2c2ccncc2)c(C)c1C. The molecule has 0 spiro atoms. The van der Waals surface area contributed by atoms with Crippen LogP contribution in [0.1, 0.15) is 52.3 Å². The highest BCUT2D eigenvalue weighted by molar-refractivity contribution is 7.89. The van der Waals surface area contributed by atoms with Gasteiger partial charge in [-0.25, -0.2) is 8.42 Å². The van der Waals surface area contributed by atoms with Crippen LogP contribution in [-0.4, -0.2) is 24.3 Å². The van der Waals surface area contributed by atoms with Crippen LogP contribution in [0.2, 0.25) is 0 Å². The molecule has 0 saturated carbocycles. The molecule has 0 aliphatic carbocycles. The average Bonchev–Trinajstić information content (AvgIpc) is 3.09. The summed E-state index contributed by atoms with van der Waals surface area (Å²) in [6.07, 6.45) is 5.20. The van der Waals surface area contributed by atoms with E-state index in [1.807, 2.05) is 39.8 Å². The number of aromatic nitrogens is 1. The number of hydrogen-bond donors (Lipinski definition) is 0. The lowest BCUT2D eigenvalue weighted by atomic mass is 9.95. The monoisotopic (exact) mass is 358 g/mol. The second-order valence-electron chi connectivity index (χ2n) is 7.01. The summed E-state index contributed by atoms with van der Waals surface area (Å²) >= 11 is 0. The molecular formula is C20H26N2O2S.